The van der Waals surface area contributed by atoms with Gasteiger partial charge in [0.2, 0.25) is 0 Å². The number of halogens is 1. The molecule has 130 valence electrons. The molecule has 0 aromatic heterocycles. The summed E-state index contributed by atoms with van der Waals surface area (Å²) in [5.41, 5.74) is 2.45. The van der Waals surface area contributed by atoms with Crippen molar-refractivity contribution >= 4 is 24.0 Å². The van der Waals surface area contributed by atoms with Crippen molar-refractivity contribution in [3.05, 3.63) is 53.0 Å². The maximum absolute atomic E-state index is 5.86. The average molecular weight is 405 g/mol. The number of ether oxygens (including phenoxy) is 1. The van der Waals surface area contributed by atoms with Crippen molar-refractivity contribution in [1.82, 2.24) is 0 Å². The first kappa shape index (κ1) is 19.3. The van der Waals surface area contributed by atoms with Gasteiger partial charge in [0.15, 0.2) is 0 Å². The molecule has 2 aromatic rings. The monoisotopic (exact) mass is 404 g/mol. The summed E-state index contributed by atoms with van der Waals surface area (Å²) in [6.45, 7) is 8.18. The van der Waals surface area contributed by atoms with Crippen LogP contribution in [0.5, 0.6) is 5.75 Å². The molecule has 0 heterocycles. The summed E-state index contributed by atoms with van der Waals surface area (Å²) >= 11 is 3.47. The molecule has 0 atom stereocenters. The van der Waals surface area contributed by atoms with Crippen LogP contribution in [0.25, 0.3) is 11.1 Å². The number of hydrogen-bond acceptors (Lipinski definition) is 1. The van der Waals surface area contributed by atoms with Gasteiger partial charge in [-0.15, -0.1) is 0 Å². The van der Waals surface area contributed by atoms with E-state index in [0.29, 0.717) is 0 Å². The molecule has 0 radical (unpaired) electrons. The van der Waals surface area contributed by atoms with Crippen LogP contribution >= 0.6 is 15.9 Å². The fraction of sp³-hybridized carbons (Fsp3) is 0.429. The van der Waals surface area contributed by atoms with Gasteiger partial charge in [-0.1, -0.05) is 85.1 Å². The summed E-state index contributed by atoms with van der Waals surface area (Å²) in [4.78, 5) is 0. The smallest absolute Gasteiger partial charge is 0.119 e. The molecule has 24 heavy (non-hydrogen) atoms. The first-order valence-corrected chi connectivity index (χ1v) is 13.4. The molecule has 2 aromatic carbocycles. The molecular weight excluding hydrogens is 376 g/mol. The van der Waals surface area contributed by atoms with Gasteiger partial charge in [-0.3, -0.25) is 0 Å². The second kappa shape index (κ2) is 9.43. The normalized spacial score (nSPS) is 11.5. The summed E-state index contributed by atoms with van der Waals surface area (Å²) in [5.74, 6) is 0.970. The highest BCUT2D eigenvalue weighted by atomic mass is 79.9. The molecule has 2 rings (SSSR count). The van der Waals surface area contributed by atoms with Crippen molar-refractivity contribution in [2.75, 3.05) is 6.61 Å². The second-order valence-corrected chi connectivity index (χ2v) is 14.1. The minimum absolute atomic E-state index is 0.824. The van der Waals surface area contributed by atoms with E-state index in [2.05, 4.69) is 84.1 Å². The molecule has 0 N–H and O–H groups in total. The number of rotatable bonds is 9. The van der Waals surface area contributed by atoms with E-state index in [1.54, 1.807) is 0 Å². The fourth-order valence-corrected chi connectivity index (χ4v) is 4.26. The van der Waals surface area contributed by atoms with Gasteiger partial charge >= 0.3 is 0 Å². The van der Waals surface area contributed by atoms with E-state index in [0.717, 1.165) is 23.2 Å². The minimum Gasteiger partial charge on any atom is -0.494 e. The SMILES string of the molecule is C[Si](C)(C)CCCCCCOc1ccc(-c2ccc(Br)cc2)cc1. The Hall–Kier alpha value is -1.06. The highest BCUT2D eigenvalue weighted by molar-refractivity contribution is 9.10. The highest BCUT2D eigenvalue weighted by Crippen LogP contribution is 2.24. The zero-order valence-corrected chi connectivity index (χ0v) is 17.7. The Bertz CT molecular complexity index is 599. The molecular formula is C21H29BrOSi. The zero-order valence-electron chi connectivity index (χ0n) is 15.1. The van der Waals surface area contributed by atoms with Crippen molar-refractivity contribution in [2.45, 2.75) is 51.4 Å². The third kappa shape index (κ3) is 7.23. The quantitative estimate of drug-likeness (QED) is 0.312. The lowest BCUT2D eigenvalue weighted by Gasteiger charge is -2.14. The summed E-state index contributed by atoms with van der Waals surface area (Å²) in [7, 11) is -0.849. The van der Waals surface area contributed by atoms with Crippen LogP contribution < -0.4 is 4.74 Å². The van der Waals surface area contributed by atoms with Crippen molar-refractivity contribution in [3.8, 4) is 16.9 Å². The van der Waals surface area contributed by atoms with Crippen molar-refractivity contribution < 1.29 is 4.74 Å². The molecule has 0 spiro atoms. The maximum Gasteiger partial charge on any atom is 0.119 e. The Labute approximate surface area is 156 Å². The minimum atomic E-state index is -0.849. The van der Waals surface area contributed by atoms with Crippen LogP contribution in [-0.4, -0.2) is 14.7 Å². The molecule has 0 unspecified atom stereocenters. The lowest BCUT2D eigenvalue weighted by Crippen LogP contribution is -2.18. The van der Waals surface area contributed by atoms with Crippen LogP contribution in [0, 0.1) is 0 Å². The van der Waals surface area contributed by atoms with E-state index in [9.17, 15) is 0 Å². The van der Waals surface area contributed by atoms with Gasteiger partial charge in [0.05, 0.1) is 6.61 Å². The average Bonchev–Trinajstić information content (AvgIpc) is 2.54. The van der Waals surface area contributed by atoms with Crippen LogP contribution in [0.1, 0.15) is 25.7 Å². The Morgan fingerprint density at radius 1 is 0.750 bits per heavy atom. The van der Waals surface area contributed by atoms with Crippen LogP contribution in [0.4, 0.5) is 0 Å². The van der Waals surface area contributed by atoms with Gasteiger partial charge in [0, 0.05) is 12.5 Å². The largest absolute Gasteiger partial charge is 0.494 e. The predicted molar refractivity (Wildman–Crippen MR) is 112 cm³/mol. The van der Waals surface area contributed by atoms with Gasteiger partial charge < -0.3 is 4.74 Å². The molecule has 0 fully saturated rings. The van der Waals surface area contributed by atoms with E-state index in [1.807, 2.05) is 0 Å². The summed E-state index contributed by atoms with van der Waals surface area (Å²) in [6.07, 6.45) is 5.16. The molecule has 0 saturated carbocycles. The van der Waals surface area contributed by atoms with Crippen LogP contribution in [-0.2, 0) is 0 Å². The van der Waals surface area contributed by atoms with Crippen molar-refractivity contribution in [3.63, 3.8) is 0 Å². The Morgan fingerprint density at radius 3 is 1.88 bits per heavy atom. The van der Waals surface area contributed by atoms with Gasteiger partial charge in [0.25, 0.3) is 0 Å². The predicted octanol–water partition coefficient (Wildman–Crippen LogP) is 7.39. The molecule has 3 heteroatoms. The highest BCUT2D eigenvalue weighted by Gasteiger charge is 2.11. The molecule has 1 nitrogen and oxygen atoms in total. The summed E-state index contributed by atoms with van der Waals surface area (Å²) in [6, 6.07) is 18.3. The van der Waals surface area contributed by atoms with Crippen molar-refractivity contribution in [2.24, 2.45) is 0 Å². The van der Waals surface area contributed by atoms with Crippen LogP contribution in [0.15, 0.2) is 53.0 Å². The molecule has 0 bridgehead atoms. The number of benzene rings is 2. The molecule has 0 aliphatic rings. The first-order valence-electron chi connectivity index (χ1n) is 8.93. The van der Waals surface area contributed by atoms with E-state index in [4.69, 9.17) is 4.74 Å². The third-order valence-electron chi connectivity index (χ3n) is 4.12. The topological polar surface area (TPSA) is 9.23 Å². The molecule has 0 aliphatic heterocycles. The third-order valence-corrected chi connectivity index (χ3v) is 6.50. The van der Waals surface area contributed by atoms with Crippen molar-refractivity contribution in [1.29, 1.82) is 0 Å². The summed E-state index contributed by atoms with van der Waals surface area (Å²) in [5, 5.41) is 0. The van der Waals surface area contributed by atoms with E-state index in [-0.39, 0.29) is 0 Å². The first-order chi connectivity index (χ1) is 11.4. The van der Waals surface area contributed by atoms with Crippen LogP contribution in [0.3, 0.4) is 0 Å². The lowest BCUT2D eigenvalue weighted by atomic mass is 10.1. The molecule has 0 aliphatic carbocycles. The van der Waals surface area contributed by atoms with Gasteiger partial charge in [-0.2, -0.15) is 0 Å². The second-order valence-electron chi connectivity index (χ2n) is 7.60. The molecule has 0 saturated heterocycles. The van der Waals surface area contributed by atoms with Gasteiger partial charge in [-0.25, -0.2) is 0 Å². The summed E-state index contributed by atoms with van der Waals surface area (Å²) < 4.78 is 6.97. The Balaban J connectivity index is 1.68. The fourth-order valence-electron chi connectivity index (χ4n) is 2.69. The zero-order chi connectivity index (χ0) is 17.4. The Kier molecular flexibility index (Phi) is 7.57. The number of unbranched alkanes of at least 4 members (excludes halogenated alkanes) is 3. The van der Waals surface area contributed by atoms with E-state index >= 15 is 0 Å². The number of hydrogen-bond donors (Lipinski definition) is 0. The van der Waals surface area contributed by atoms with Gasteiger partial charge in [-0.05, 0) is 41.8 Å². The van der Waals surface area contributed by atoms with Crippen LogP contribution in [0.2, 0.25) is 25.7 Å². The lowest BCUT2D eigenvalue weighted by molar-refractivity contribution is 0.305. The molecule has 0 amide bonds. The Morgan fingerprint density at radius 2 is 1.29 bits per heavy atom. The van der Waals surface area contributed by atoms with Gasteiger partial charge in [0.1, 0.15) is 5.75 Å². The maximum atomic E-state index is 5.86. The van der Waals surface area contributed by atoms with E-state index < -0.39 is 8.07 Å². The standard InChI is InChI=1S/C21H29BrOSi/c1-24(2,3)17-7-5-4-6-16-23-21-14-10-19(11-15-21)18-8-12-20(22)13-9-18/h8-15H,4-7,16-17H2,1-3H3. The van der Waals surface area contributed by atoms with E-state index in [1.165, 1.54) is 36.4 Å².